The van der Waals surface area contributed by atoms with Crippen LogP contribution >= 0.6 is 0 Å². The van der Waals surface area contributed by atoms with Crippen LogP contribution in [0.15, 0.2) is 48.9 Å². The summed E-state index contributed by atoms with van der Waals surface area (Å²) in [4.78, 5) is 18.8. The topological polar surface area (TPSA) is 117 Å². The zero-order chi connectivity index (χ0) is 20.9. The van der Waals surface area contributed by atoms with Gasteiger partial charge in [0.15, 0.2) is 5.82 Å². The van der Waals surface area contributed by atoms with Gasteiger partial charge >= 0.3 is 6.09 Å². The molecule has 2 atom stereocenters. The lowest BCUT2D eigenvalue weighted by Gasteiger charge is -2.16. The molecule has 11 heteroatoms. The minimum absolute atomic E-state index is 0.0501. The molecule has 1 saturated heterocycles. The molecule has 11 nitrogen and oxygen atoms in total. The van der Waals surface area contributed by atoms with Crippen LogP contribution in [0.25, 0.3) is 22.6 Å². The number of fused-ring (bicyclic) bond motifs is 3. The third-order valence-corrected chi connectivity index (χ3v) is 5.76. The Morgan fingerprint density at radius 1 is 1.16 bits per heavy atom. The summed E-state index contributed by atoms with van der Waals surface area (Å²) in [6.45, 7) is 0.482. The highest BCUT2D eigenvalue weighted by Gasteiger charge is 2.47. The molecule has 1 fully saturated rings. The second-order valence-corrected chi connectivity index (χ2v) is 7.59. The summed E-state index contributed by atoms with van der Waals surface area (Å²) in [5.41, 5.74) is 4.74. The number of aromatic nitrogens is 8. The number of pyridine rings is 1. The van der Waals surface area contributed by atoms with Gasteiger partial charge in [0, 0.05) is 25.0 Å². The van der Waals surface area contributed by atoms with Crippen LogP contribution in [-0.2, 0) is 24.8 Å². The van der Waals surface area contributed by atoms with E-state index in [0.29, 0.717) is 18.1 Å². The number of hydrogen-bond acceptors (Lipinski definition) is 8. The molecular weight excluding hydrogens is 398 g/mol. The molecule has 0 spiro atoms. The number of carbonyl (C=O) groups is 1. The van der Waals surface area contributed by atoms with Gasteiger partial charge < -0.3 is 4.74 Å². The Morgan fingerprint density at radius 3 is 2.81 bits per heavy atom. The number of benzene rings is 1. The van der Waals surface area contributed by atoms with Crippen LogP contribution in [0, 0.1) is 0 Å². The Morgan fingerprint density at radius 2 is 2.06 bits per heavy atom. The van der Waals surface area contributed by atoms with Crippen LogP contribution in [0.4, 0.5) is 10.5 Å². The van der Waals surface area contributed by atoms with Crippen molar-refractivity contribution in [3.05, 3.63) is 54.5 Å². The predicted octanol–water partition coefficient (Wildman–Crippen LogP) is 1.48. The molecule has 4 aromatic rings. The summed E-state index contributed by atoms with van der Waals surface area (Å²) in [6, 6.07) is 9.94. The summed E-state index contributed by atoms with van der Waals surface area (Å²) < 4.78 is 8.87. The molecule has 2 aliphatic rings. The molecule has 2 aliphatic heterocycles. The maximum Gasteiger partial charge on any atom is 0.415 e. The van der Waals surface area contributed by atoms with E-state index in [9.17, 15) is 4.79 Å². The van der Waals surface area contributed by atoms with Gasteiger partial charge in [0.25, 0.3) is 0 Å². The van der Waals surface area contributed by atoms with Crippen molar-refractivity contribution in [1.29, 1.82) is 0 Å². The van der Waals surface area contributed by atoms with Crippen LogP contribution in [0.5, 0.6) is 0 Å². The zero-order valence-electron chi connectivity index (χ0n) is 16.5. The number of ether oxygens (including phenoxy) is 1. The van der Waals surface area contributed by atoms with E-state index in [2.05, 4.69) is 36.9 Å². The van der Waals surface area contributed by atoms with Gasteiger partial charge in [0.1, 0.15) is 11.8 Å². The zero-order valence-corrected chi connectivity index (χ0v) is 16.5. The van der Waals surface area contributed by atoms with Crippen LogP contribution < -0.4 is 4.90 Å². The number of carbonyl (C=O) groups excluding carboxylic acids is 1. The SMILES string of the molecule is Cn1nnnc1-c1ccc(-c2ccc3c(c2)CC2[C@H](Cn4ccnn4)OC(=O)N32)cn1. The number of tetrazole rings is 1. The van der Waals surface area contributed by atoms with E-state index in [-0.39, 0.29) is 18.2 Å². The number of nitrogens with zero attached hydrogens (tertiary/aromatic N) is 9. The van der Waals surface area contributed by atoms with Gasteiger partial charge in [0.05, 0.1) is 24.5 Å². The maximum absolute atomic E-state index is 12.5. The Bertz CT molecular complexity index is 1270. The number of amides is 1. The van der Waals surface area contributed by atoms with E-state index >= 15 is 0 Å². The molecule has 1 aromatic carbocycles. The monoisotopic (exact) mass is 415 g/mol. The van der Waals surface area contributed by atoms with Crippen LogP contribution in [0.2, 0.25) is 0 Å². The molecule has 3 aromatic heterocycles. The molecule has 154 valence electrons. The molecule has 5 heterocycles. The first kappa shape index (κ1) is 17.7. The Labute approximate surface area is 176 Å². The van der Waals surface area contributed by atoms with Crippen molar-refractivity contribution < 1.29 is 9.53 Å². The molecule has 1 amide bonds. The summed E-state index contributed by atoms with van der Waals surface area (Å²) in [6.07, 6.45) is 5.33. The highest BCUT2D eigenvalue weighted by molar-refractivity contribution is 5.94. The quantitative estimate of drug-likeness (QED) is 0.492. The summed E-state index contributed by atoms with van der Waals surface area (Å²) in [5, 5.41) is 19.3. The van der Waals surface area contributed by atoms with Crippen molar-refractivity contribution in [3.8, 4) is 22.6 Å². The molecule has 1 unspecified atom stereocenters. The fourth-order valence-corrected chi connectivity index (χ4v) is 4.27. The first-order valence-electron chi connectivity index (χ1n) is 9.83. The summed E-state index contributed by atoms with van der Waals surface area (Å²) in [5.74, 6) is 0.609. The largest absolute Gasteiger partial charge is 0.442 e. The van der Waals surface area contributed by atoms with Crippen LogP contribution in [-0.4, -0.2) is 58.4 Å². The molecule has 6 rings (SSSR count). The molecular formula is C20H17N9O2. The molecule has 0 N–H and O–H groups in total. The van der Waals surface area contributed by atoms with E-state index in [1.54, 1.807) is 33.7 Å². The molecule has 0 radical (unpaired) electrons. The number of rotatable bonds is 4. The third kappa shape index (κ3) is 2.85. The van der Waals surface area contributed by atoms with E-state index < -0.39 is 0 Å². The number of anilines is 1. The van der Waals surface area contributed by atoms with E-state index in [1.165, 1.54) is 0 Å². The van der Waals surface area contributed by atoms with Crippen molar-refractivity contribution in [2.45, 2.75) is 25.1 Å². The van der Waals surface area contributed by atoms with E-state index in [0.717, 1.165) is 28.8 Å². The minimum Gasteiger partial charge on any atom is -0.442 e. The van der Waals surface area contributed by atoms with E-state index in [4.69, 9.17) is 4.74 Å². The average Bonchev–Trinajstić information content (AvgIpc) is 3.55. The molecule has 31 heavy (non-hydrogen) atoms. The van der Waals surface area contributed by atoms with Gasteiger partial charge in [-0.1, -0.05) is 17.3 Å². The van der Waals surface area contributed by atoms with Gasteiger partial charge in [-0.2, -0.15) is 0 Å². The average molecular weight is 415 g/mol. The van der Waals surface area contributed by atoms with Gasteiger partial charge in [-0.15, -0.1) is 10.2 Å². The van der Waals surface area contributed by atoms with Crippen molar-refractivity contribution in [3.63, 3.8) is 0 Å². The minimum atomic E-state index is -0.315. The van der Waals surface area contributed by atoms with Crippen molar-refractivity contribution in [2.75, 3.05) is 4.90 Å². The van der Waals surface area contributed by atoms with Gasteiger partial charge in [0.2, 0.25) is 0 Å². The molecule has 0 saturated carbocycles. The number of aryl methyl sites for hydroxylation is 1. The summed E-state index contributed by atoms with van der Waals surface area (Å²) in [7, 11) is 1.78. The van der Waals surface area contributed by atoms with E-state index in [1.807, 2.05) is 30.5 Å². The fraction of sp³-hybridized carbons (Fsp3) is 0.250. The predicted molar refractivity (Wildman–Crippen MR) is 108 cm³/mol. The smallest absolute Gasteiger partial charge is 0.415 e. The number of hydrogen-bond donors (Lipinski definition) is 0. The van der Waals surface area contributed by atoms with Gasteiger partial charge in [-0.05, 0) is 46.2 Å². The third-order valence-electron chi connectivity index (χ3n) is 5.76. The fourth-order valence-electron chi connectivity index (χ4n) is 4.27. The number of cyclic esters (lactones) is 1. The molecule has 0 aliphatic carbocycles. The second kappa shape index (κ2) is 6.69. The first-order chi connectivity index (χ1) is 15.2. The van der Waals surface area contributed by atoms with Crippen molar-refractivity contribution in [1.82, 2.24) is 40.2 Å². The molecule has 0 bridgehead atoms. The lowest BCUT2D eigenvalue weighted by molar-refractivity contribution is 0.117. The second-order valence-electron chi connectivity index (χ2n) is 7.59. The normalized spacial score (nSPS) is 19.4. The lowest BCUT2D eigenvalue weighted by Crippen LogP contribution is -2.35. The maximum atomic E-state index is 12.5. The van der Waals surface area contributed by atoms with Crippen LogP contribution in [0.1, 0.15) is 5.56 Å². The first-order valence-corrected chi connectivity index (χ1v) is 9.83. The highest BCUT2D eigenvalue weighted by Crippen LogP contribution is 2.40. The summed E-state index contributed by atoms with van der Waals surface area (Å²) >= 11 is 0. The Balaban J connectivity index is 1.27. The van der Waals surface area contributed by atoms with Gasteiger partial charge in [-0.25, -0.2) is 14.2 Å². The lowest BCUT2D eigenvalue weighted by atomic mass is 10.0. The Hall–Kier alpha value is -4.15. The Kier molecular flexibility index (Phi) is 3.82. The van der Waals surface area contributed by atoms with Crippen LogP contribution in [0.3, 0.4) is 0 Å². The van der Waals surface area contributed by atoms with Crippen molar-refractivity contribution >= 4 is 11.8 Å². The standard InChI is InChI=1S/C20H17N9O2/c1-27-19(23-24-26-27)15-4-2-13(10-21-15)12-3-5-16-14(8-12)9-17-18(31-20(30)29(16)17)11-28-7-6-22-25-28/h2-8,10,17-18H,9,11H2,1H3/t17?,18-/m0/s1. The van der Waals surface area contributed by atoms with Gasteiger partial charge in [-0.3, -0.25) is 9.88 Å². The van der Waals surface area contributed by atoms with Crippen molar-refractivity contribution in [2.24, 2.45) is 7.05 Å². The highest BCUT2D eigenvalue weighted by atomic mass is 16.6.